The summed E-state index contributed by atoms with van der Waals surface area (Å²) < 4.78 is 11.2. The molecule has 6 heteroatoms. The second-order valence-corrected chi connectivity index (χ2v) is 7.65. The molecule has 2 saturated heterocycles. The summed E-state index contributed by atoms with van der Waals surface area (Å²) in [5.74, 6) is 1.93. The van der Waals surface area contributed by atoms with Crippen LogP contribution in [0.3, 0.4) is 0 Å². The fourth-order valence-corrected chi connectivity index (χ4v) is 4.45. The predicted octanol–water partition coefficient (Wildman–Crippen LogP) is 2.62. The summed E-state index contributed by atoms with van der Waals surface area (Å²) in [6, 6.07) is 12.6. The minimum atomic E-state index is 0.0792. The van der Waals surface area contributed by atoms with Crippen LogP contribution in [0, 0.1) is 18.3 Å². The Kier molecular flexibility index (Phi) is 3.76. The number of aryl methyl sites for hydroxylation is 1. The number of pyridine rings is 1. The molecule has 0 saturated carbocycles. The molecular formula is C20H22N4O2. The molecule has 0 spiro atoms. The average Bonchev–Trinajstić information content (AvgIpc) is 3.29. The molecule has 3 aromatic rings. The molecule has 0 unspecified atom stereocenters. The van der Waals surface area contributed by atoms with E-state index in [1.54, 1.807) is 0 Å². The summed E-state index contributed by atoms with van der Waals surface area (Å²) in [6.45, 7) is 6.32. The number of aromatic nitrogens is 3. The Labute approximate surface area is 152 Å². The maximum atomic E-state index is 5.82. The molecule has 1 aromatic carbocycles. The van der Waals surface area contributed by atoms with Crippen LogP contribution in [0.15, 0.2) is 40.9 Å². The molecule has 2 atom stereocenters. The van der Waals surface area contributed by atoms with Crippen molar-refractivity contribution in [2.24, 2.45) is 11.3 Å². The number of likely N-dealkylation sites (tertiary alicyclic amines) is 1. The van der Waals surface area contributed by atoms with E-state index in [1.807, 2.05) is 19.1 Å². The quantitative estimate of drug-likeness (QED) is 0.721. The highest BCUT2D eigenvalue weighted by Gasteiger charge is 2.51. The van der Waals surface area contributed by atoms with Crippen molar-refractivity contribution in [3.05, 3.63) is 53.8 Å². The molecule has 0 amide bonds. The van der Waals surface area contributed by atoms with Gasteiger partial charge in [0, 0.05) is 42.8 Å². The number of fused-ring (bicyclic) bond motifs is 2. The van der Waals surface area contributed by atoms with Gasteiger partial charge in [-0.1, -0.05) is 29.4 Å². The van der Waals surface area contributed by atoms with Crippen molar-refractivity contribution in [3.8, 4) is 0 Å². The lowest BCUT2D eigenvalue weighted by Crippen LogP contribution is -2.33. The van der Waals surface area contributed by atoms with Crippen molar-refractivity contribution in [2.45, 2.75) is 19.9 Å². The van der Waals surface area contributed by atoms with Crippen molar-refractivity contribution in [3.63, 3.8) is 0 Å². The smallest absolute Gasteiger partial charge is 0.227 e. The number of ether oxygens (including phenoxy) is 1. The third-order valence-electron chi connectivity index (χ3n) is 5.71. The monoisotopic (exact) mass is 350 g/mol. The molecule has 2 fully saturated rings. The first kappa shape index (κ1) is 15.9. The lowest BCUT2D eigenvalue weighted by Gasteiger charge is -2.25. The van der Waals surface area contributed by atoms with Crippen LogP contribution < -0.4 is 0 Å². The lowest BCUT2D eigenvalue weighted by atomic mass is 9.78. The van der Waals surface area contributed by atoms with Gasteiger partial charge in [0.25, 0.3) is 0 Å². The normalized spacial score (nSPS) is 25.8. The minimum Gasteiger partial charge on any atom is -0.380 e. The van der Waals surface area contributed by atoms with Crippen LogP contribution in [-0.4, -0.2) is 46.3 Å². The van der Waals surface area contributed by atoms with Crippen LogP contribution in [0.1, 0.15) is 17.4 Å². The zero-order chi connectivity index (χ0) is 17.6. The molecule has 2 aromatic heterocycles. The Hall–Kier alpha value is -2.31. The first-order chi connectivity index (χ1) is 12.7. The summed E-state index contributed by atoms with van der Waals surface area (Å²) in [4.78, 5) is 11.7. The van der Waals surface area contributed by atoms with Crippen molar-refractivity contribution in [2.75, 3.05) is 26.3 Å². The van der Waals surface area contributed by atoms with E-state index in [9.17, 15) is 0 Å². The third kappa shape index (κ3) is 2.79. The van der Waals surface area contributed by atoms with Crippen molar-refractivity contribution in [1.82, 2.24) is 20.0 Å². The molecule has 6 nitrogen and oxygen atoms in total. The van der Waals surface area contributed by atoms with Crippen molar-refractivity contribution >= 4 is 10.9 Å². The second-order valence-electron chi connectivity index (χ2n) is 7.65. The van der Waals surface area contributed by atoms with Gasteiger partial charge in [-0.3, -0.25) is 9.88 Å². The summed E-state index contributed by atoms with van der Waals surface area (Å²) in [5, 5.41) is 5.12. The Morgan fingerprint density at radius 1 is 1.19 bits per heavy atom. The van der Waals surface area contributed by atoms with E-state index < -0.39 is 0 Å². The first-order valence-electron chi connectivity index (χ1n) is 9.14. The van der Waals surface area contributed by atoms with Crippen LogP contribution in [0.25, 0.3) is 10.9 Å². The molecule has 134 valence electrons. The van der Waals surface area contributed by atoms with Gasteiger partial charge in [-0.05, 0) is 19.1 Å². The number of rotatable bonds is 4. The fourth-order valence-electron chi connectivity index (χ4n) is 4.45. The predicted molar refractivity (Wildman–Crippen MR) is 96.5 cm³/mol. The van der Waals surface area contributed by atoms with Crippen LogP contribution in [0.4, 0.5) is 0 Å². The maximum Gasteiger partial charge on any atom is 0.227 e. The molecule has 0 radical (unpaired) electrons. The van der Waals surface area contributed by atoms with Gasteiger partial charge >= 0.3 is 0 Å². The summed E-state index contributed by atoms with van der Waals surface area (Å²) in [5.41, 5.74) is 2.26. The van der Waals surface area contributed by atoms with Gasteiger partial charge in [0.1, 0.15) is 0 Å². The topological polar surface area (TPSA) is 64.3 Å². The Bertz CT molecular complexity index is 940. The SMILES string of the molecule is Cc1noc(C[C@]23COC[C@H]2CN(Cc2ccc4ccccc4n2)C3)n1. The van der Waals surface area contributed by atoms with Gasteiger partial charge in [0.2, 0.25) is 5.89 Å². The highest BCUT2D eigenvalue weighted by atomic mass is 16.5. The standard InChI is InChI=1S/C20H22N4O2/c1-14-21-19(26-23-14)8-20-12-24(9-16(20)11-25-13-20)10-17-7-6-15-4-2-3-5-18(15)22-17/h2-7,16H,8-13H2,1H3/t16-,20+/m1/s1. The fraction of sp³-hybridized carbons (Fsp3) is 0.450. The number of hydrogen-bond acceptors (Lipinski definition) is 6. The molecule has 26 heavy (non-hydrogen) atoms. The van der Waals surface area contributed by atoms with E-state index in [1.165, 1.54) is 5.39 Å². The van der Waals surface area contributed by atoms with Gasteiger partial charge in [-0.25, -0.2) is 0 Å². The summed E-state index contributed by atoms with van der Waals surface area (Å²) >= 11 is 0. The Balaban J connectivity index is 1.34. The number of nitrogens with zero attached hydrogens (tertiary/aromatic N) is 4. The van der Waals surface area contributed by atoms with Gasteiger partial charge in [-0.15, -0.1) is 0 Å². The largest absolute Gasteiger partial charge is 0.380 e. The first-order valence-corrected chi connectivity index (χ1v) is 9.14. The van der Waals surface area contributed by atoms with Gasteiger partial charge in [0.05, 0.1) is 24.4 Å². The molecule has 0 bridgehead atoms. The van der Waals surface area contributed by atoms with Crippen LogP contribution in [0.2, 0.25) is 0 Å². The van der Waals surface area contributed by atoms with E-state index in [0.717, 1.165) is 56.4 Å². The van der Waals surface area contributed by atoms with E-state index in [0.29, 0.717) is 11.7 Å². The van der Waals surface area contributed by atoms with Gasteiger partial charge in [-0.2, -0.15) is 4.98 Å². The van der Waals surface area contributed by atoms with E-state index in [-0.39, 0.29) is 5.41 Å². The number of para-hydroxylation sites is 1. The summed E-state index contributed by atoms with van der Waals surface area (Å²) in [7, 11) is 0. The zero-order valence-corrected chi connectivity index (χ0v) is 14.9. The van der Waals surface area contributed by atoms with Crippen LogP contribution in [0.5, 0.6) is 0 Å². The molecule has 5 rings (SSSR count). The average molecular weight is 350 g/mol. The van der Waals surface area contributed by atoms with E-state index in [2.05, 4.69) is 39.3 Å². The molecule has 4 heterocycles. The molecule has 0 N–H and O–H groups in total. The Morgan fingerprint density at radius 2 is 2.12 bits per heavy atom. The van der Waals surface area contributed by atoms with Crippen molar-refractivity contribution < 1.29 is 9.26 Å². The van der Waals surface area contributed by atoms with Gasteiger partial charge in [0.15, 0.2) is 5.82 Å². The summed E-state index contributed by atoms with van der Waals surface area (Å²) in [6.07, 6.45) is 0.792. The Morgan fingerprint density at radius 3 is 3.00 bits per heavy atom. The number of hydrogen-bond donors (Lipinski definition) is 0. The molecule has 2 aliphatic rings. The maximum absolute atomic E-state index is 5.82. The molecule has 0 aliphatic carbocycles. The molecular weight excluding hydrogens is 328 g/mol. The highest BCUT2D eigenvalue weighted by molar-refractivity contribution is 5.78. The van der Waals surface area contributed by atoms with Crippen LogP contribution in [-0.2, 0) is 17.7 Å². The van der Waals surface area contributed by atoms with Crippen molar-refractivity contribution in [1.29, 1.82) is 0 Å². The van der Waals surface area contributed by atoms with E-state index >= 15 is 0 Å². The minimum absolute atomic E-state index is 0.0792. The van der Waals surface area contributed by atoms with Crippen LogP contribution >= 0.6 is 0 Å². The second kappa shape index (κ2) is 6.14. The number of benzene rings is 1. The van der Waals surface area contributed by atoms with E-state index in [4.69, 9.17) is 14.2 Å². The third-order valence-corrected chi connectivity index (χ3v) is 5.71. The van der Waals surface area contributed by atoms with Gasteiger partial charge < -0.3 is 9.26 Å². The molecule has 2 aliphatic heterocycles. The lowest BCUT2D eigenvalue weighted by molar-refractivity contribution is 0.121. The highest BCUT2D eigenvalue weighted by Crippen LogP contribution is 2.44. The zero-order valence-electron chi connectivity index (χ0n) is 14.9.